The van der Waals surface area contributed by atoms with E-state index in [-0.39, 0.29) is 11.6 Å². The summed E-state index contributed by atoms with van der Waals surface area (Å²) in [5.74, 6) is -1.05. The first-order chi connectivity index (χ1) is 14.8. The molecule has 0 saturated heterocycles. The lowest BCUT2D eigenvalue weighted by Gasteiger charge is -2.16. The van der Waals surface area contributed by atoms with Crippen LogP contribution in [0.5, 0.6) is 0 Å². The van der Waals surface area contributed by atoms with Crippen molar-refractivity contribution in [3.05, 3.63) is 81.1 Å². The van der Waals surface area contributed by atoms with Crippen LogP contribution in [0.1, 0.15) is 17.4 Å². The van der Waals surface area contributed by atoms with Crippen LogP contribution in [0.15, 0.2) is 65.7 Å². The first-order valence-corrected chi connectivity index (χ1v) is 10.7. The standard InChI is InChI=1S/C23H18ClN3O3S/c1-13-5-10-17(12-18(13)24)27-22(29)20(19-4-3-11-31-19)21(23(27)30)26-16-8-6-15(7-9-16)25-14(2)28/h3-12,26H,1-2H3,(H,25,28). The minimum atomic E-state index is -0.459. The molecule has 31 heavy (non-hydrogen) atoms. The van der Waals surface area contributed by atoms with Crippen LogP contribution in [0, 0.1) is 6.92 Å². The van der Waals surface area contributed by atoms with Gasteiger partial charge in [-0.3, -0.25) is 14.4 Å². The number of hydrogen-bond donors (Lipinski definition) is 2. The van der Waals surface area contributed by atoms with Gasteiger partial charge in [-0.15, -0.1) is 11.3 Å². The van der Waals surface area contributed by atoms with Crippen molar-refractivity contribution in [3.63, 3.8) is 0 Å². The molecule has 6 nitrogen and oxygen atoms in total. The summed E-state index contributed by atoms with van der Waals surface area (Å²) in [6.45, 7) is 3.28. The third kappa shape index (κ3) is 4.10. The number of carbonyl (C=O) groups excluding carboxylic acids is 3. The van der Waals surface area contributed by atoms with E-state index in [2.05, 4.69) is 10.6 Å². The van der Waals surface area contributed by atoms with Crippen LogP contribution < -0.4 is 15.5 Å². The van der Waals surface area contributed by atoms with Crippen LogP contribution >= 0.6 is 22.9 Å². The molecule has 0 bridgehead atoms. The Hall–Kier alpha value is -3.42. The number of halogens is 1. The number of imide groups is 1. The zero-order chi connectivity index (χ0) is 22.1. The monoisotopic (exact) mass is 451 g/mol. The number of amides is 3. The second-order valence-corrected chi connectivity index (χ2v) is 8.34. The SMILES string of the molecule is CC(=O)Nc1ccc(NC2=C(c3cccs3)C(=O)N(c3ccc(C)c(Cl)c3)C2=O)cc1. The van der Waals surface area contributed by atoms with Crippen molar-refractivity contribution in [1.29, 1.82) is 0 Å². The fraction of sp³-hybridized carbons (Fsp3) is 0.0870. The Balaban J connectivity index is 1.72. The van der Waals surface area contributed by atoms with Crippen LogP contribution in [0.2, 0.25) is 5.02 Å². The topological polar surface area (TPSA) is 78.5 Å². The maximum atomic E-state index is 13.3. The quantitative estimate of drug-likeness (QED) is 0.531. The van der Waals surface area contributed by atoms with E-state index in [0.717, 1.165) is 10.5 Å². The molecule has 3 amide bonds. The Morgan fingerprint density at radius 2 is 1.71 bits per heavy atom. The number of aryl methyl sites for hydroxylation is 1. The highest BCUT2D eigenvalue weighted by atomic mass is 35.5. The molecule has 1 aromatic heterocycles. The molecule has 0 saturated carbocycles. The zero-order valence-electron chi connectivity index (χ0n) is 16.7. The summed E-state index contributed by atoms with van der Waals surface area (Å²) in [6.07, 6.45) is 0. The van der Waals surface area contributed by atoms with Gasteiger partial charge in [0.2, 0.25) is 5.91 Å². The smallest absolute Gasteiger partial charge is 0.282 e. The zero-order valence-corrected chi connectivity index (χ0v) is 18.3. The van der Waals surface area contributed by atoms with E-state index in [1.54, 1.807) is 48.5 Å². The van der Waals surface area contributed by atoms with E-state index in [4.69, 9.17) is 11.6 Å². The number of benzene rings is 2. The number of thiophene rings is 1. The molecule has 3 aromatic rings. The maximum absolute atomic E-state index is 13.3. The van der Waals surface area contributed by atoms with Crippen LogP contribution in [0.3, 0.4) is 0 Å². The van der Waals surface area contributed by atoms with Gasteiger partial charge in [-0.2, -0.15) is 0 Å². The van der Waals surface area contributed by atoms with Gasteiger partial charge in [0.1, 0.15) is 5.70 Å². The van der Waals surface area contributed by atoms with Gasteiger partial charge < -0.3 is 10.6 Å². The number of hydrogen-bond acceptors (Lipinski definition) is 5. The Bertz CT molecular complexity index is 1220. The first kappa shape index (κ1) is 20.8. The molecular weight excluding hydrogens is 434 g/mol. The summed E-state index contributed by atoms with van der Waals surface area (Å²) in [5, 5.41) is 8.12. The van der Waals surface area contributed by atoms with E-state index in [1.807, 2.05) is 18.4 Å². The Labute approximate surface area is 188 Å². The molecule has 2 N–H and O–H groups in total. The molecule has 156 valence electrons. The number of carbonyl (C=O) groups is 3. The summed E-state index contributed by atoms with van der Waals surface area (Å²) in [4.78, 5) is 39.7. The Morgan fingerprint density at radius 1 is 1.00 bits per heavy atom. The summed E-state index contributed by atoms with van der Waals surface area (Å²) in [5.41, 5.74) is 3.02. The minimum absolute atomic E-state index is 0.174. The van der Waals surface area contributed by atoms with Gasteiger partial charge >= 0.3 is 0 Å². The number of rotatable bonds is 5. The van der Waals surface area contributed by atoms with Crippen LogP contribution in [0.25, 0.3) is 5.57 Å². The van der Waals surface area contributed by atoms with E-state index in [9.17, 15) is 14.4 Å². The lowest BCUT2D eigenvalue weighted by molar-refractivity contribution is -0.120. The molecule has 0 spiro atoms. The van der Waals surface area contributed by atoms with Crippen molar-refractivity contribution in [3.8, 4) is 0 Å². The summed E-state index contributed by atoms with van der Waals surface area (Å²) in [6, 6.07) is 15.6. The van der Waals surface area contributed by atoms with Gasteiger partial charge in [-0.25, -0.2) is 4.90 Å². The molecule has 0 atom stereocenters. The van der Waals surface area contributed by atoms with Crippen LogP contribution in [0.4, 0.5) is 17.1 Å². The van der Waals surface area contributed by atoms with Gasteiger partial charge in [0.05, 0.1) is 11.3 Å². The predicted molar refractivity (Wildman–Crippen MR) is 124 cm³/mol. The third-order valence-corrected chi connectivity index (χ3v) is 6.03. The second kappa shape index (κ2) is 8.37. The number of nitrogens with zero attached hydrogens (tertiary/aromatic N) is 1. The van der Waals surface area contributed by atoms with Gasteiger partial charge in [0.25, 0.3) is 11.8 Å². The van der Waals surface area contributed by atoms with Gasteiger partial charge in [-0.05, 0) is 60.3 Å². The Kier molecular flexibility index (Phi) is 5.63. The highest BCUT2D eigenvalue weighted by Crippen LogP contribution is 2.36. The van der Waals surface area contributed by atoms with Crippen molar-refractivity contribution in [2.75, 3.05) is 15.5 Å². The average molecular weight is 452 g/mol. The average Bonchev–Trinajstić information content (AvgIpc) is 3.32. The molecule has 1 aliphatic rings. The fourth-order valence-corrected chi connectivity index (χ4v) is 4.18. The summed E-state index contributed by atoms with van der Waals surface area (Å²) >= 11 is 7.62. The van der Waals surface area contributed by atoms with E-state index >= 15 is 0 Å². The van der Waals surface area contributed by atoms with Crippen molar-refractivity contribution in [1.82, 2.24) is 0 Å². The predicted octanol–water partition coefficient (Wildman–Crippen LogP) is 5.06. The molecule has 0 fully saturated rings. The van der Waals surface area contributed by atoms with Gasteiger partial charge in [0.15, 0.2) is 0 Å². The molecular formula is C23H18ClN3O3S. The van der Waals surface area contributed by atoms with Crippen LogP contribution in [-0.2, 0) is 14.4 Å². The van der Waals surface area contributed by atoms with Crippen LogP contribution in [-0.4, -0.2) is 17.7 Å². The molecule has 0 unspecified atom stereocenters. The summed E-state index contributed by atoms with van der Waals surface area (Å²) in [7, 11) is 0. The number of anilines is 3. The molecule has 0 aliphatic carbocycles. The lowest BCUT2D eigenvalue weighted by Crippen LogP contribution is -2.32. The highest BCUT2D eigenvalue weighted by molar-refractivity contribution is 7.11. The molecule has 1 aliphatic heterocycles. The van der Waals surface area contributed by atoms with E-state index in [0.29, 0.717) is 32.5 Å². The molecule has 0 radical (unpaired) electrons. The maximum Gasteiger partial charge on any atom is 0.282 e. The highest BCUT2D eigenvalue weighted by Gasteiger charge is 2.40. The normalized spacial score (nSPS) is 13.7. The summed E-state index contributed by atoms with van der Waals surface area (Å²) < 4.78 is 0. The first-order valence-electron chi connectivity index (χ1n) is 9.43. The van der Waals surface area contributed by atoms with Crippen molar-refractivity contribution in [2.45, 2.75) is 13.8 Å². The minimum Gasteiger partial charge on any atom is -0.350 e. The van der Waals surface area contributed by atoms with Gasteiger partial charge in [-0.1, -0.05) is 23.7 Å². The fourth-order valence-electron chi connectivity index (χ4n) is 3.23. The van der Waals surface area contributed by atoms with Crippen molar-refractivity contribution >= 4 is 63.3 Å². The second-order valence-electron chi connectivity index (χ2n) is 6.99. The third-order valence-electron chi connectivity index (χ3n) is 4.74. The molecule has 2 heterocycles. The lowest BCUT2D eigenvalue weighted by atomic mass is 10.1. The molecule has 4 rings (SSSR count). The largest absolute Gasteiger partial charge is 0.350 e. The van der Waals surface area contributed by atoms with E-state index < -0.39 is 11.8 Å². The molecule has 2 aromatic carbocycles. The Morgan fingerprint density at radius 3 is 2.32 bits per heavy atom. The van der Waals surface area contributed by atoms with Gasteiger partial charge in [0, 0.05) is 28.2 Å². The number of nitrogens with one attached hydrogen (secondary N) is 2. The molecule has 8 heteroatoms. The van der Waals surface area contributed by atoms with Crippen molar-refractivity contribution in [2.24, 2.45) is 0 Å². The van der Waals surface area contributed by atoms with Crippen molar-refractivity contribution < 1.29 is 14.4 Å². The van der Waals surface area contributed by atoms with E-state index in [1.165, 1.54) is 18.3 Å².